The Balaban J connectivity index is 1.68. The highest BCUT2D eigenvalue weighted by atomic mass is 35.5. The molecule has 2 fully saturated rings. The number of thiazole rings is 1. The largest absolute Gasteiger partial charge is 0.349 e. The zero-order valence-corrected chi connectivity index (χ0v) is 13.9. The number of aromatic nitrogens is 2. The Morgan fingerprint density at radius 2 is 2.29 bits per heavy atom. The molecular formula is C15H21ClN4S. The minimum absolute atomic E-state index is 0.505. The third-order valence-electron chi connectivity index (χ3n) is 4.93. The molecule has 4 nitrogen and oxygen atoms in total. The first-order chi connectivity index (χ1) is 10.3. The molecule has 2 atom stereocenters. The van der Waals surface area contributed by atoms with Crippen molar-refractivity contribution in [3.63, 3.8) is 0 Å². The van der Waals surface area contributed by atoms with Gasteiger partial charge >= 0.3 is 0 Å². The van der Waals surface area contributed by atoms with Gasteiger partial charge in [0.2, 0.25) is 0 Å². The maximum Gasteiger partial charge on any atom is 0.195 e. The van der Waals surface area contributed by atoms with Crippen LogP contribution in [-0.2, 0) is 5.88 Å². The van der Waals surface area contributed by atoms with Crippen molar-refractivity contribution in [1.82, 2.24) is 14.3 Å². The summed E-state index contributed by atoms with van der Waals surface area (Å²) in [6.07, 6.45) is 6.12. The van der Waals surface area contributed by atoms with Gasteiger partial charge in [0.25, 0.3) is 0 Å². The number of hydrogen-bond acceptors (Lipinski definition) is 4. The first-order valence-corrected chi connectivity index (χ1v) is 9.20. The second kappa shape index (κ2) is 5.45. The summed E-state index contributed by atoms with van der Waals surface area (Å²) in [4.78, 5) is 11.1. The standard InChI is InChI=1S/C15H21ClN4S/c1-11-9-18-5-3-2-4-12(18)10-20(11)14-13(8-16)19-6-7-21-15(19)17-14/h6-7,11-12H,2-5,8-10H2,1H3. The smallest absolute Gasteiger partial charge is 0.195 e. The van der Waals surface area contributed by atoms with E-state index >= 15 is 0 Å². The number of piperidine rings is 1. The molecule has 0 aromatic carbocycles. The van der Waals surface area contributed by atoms with Crippen molar-refractivity contribution < 1.29 is 0 Å². The lowest BCUT2D eigenvalue weighted by atomic mass is 9.97. The van der Waals surface area contributed by atoms with Crippen LogP contribution in [0.4, 0.5) is 5.82 Å². The van der Waals surface area contributed by atoms with Gasteiger partial charge in [0.1, 0.15) is 0 Å². The van der Waals surface area contributed by atoms with Crippen LogP contribution in [0, 0.1) is 0 Å². The molecule has 0 radical (unpaired) electrons. The number of rotatable bonds is 2. The van der Waals surface area contributed by atoms with Gasteiger partial charge in [-0.2, -0.15) is 0 Å². The van der Waals surface area contributed by atoms with Gasteiger partial charge in [0.05, 0.1) is 11.6 Å². The molecular weight excluding hydrogens is 304 g/mol. The van der Waals surface area contributed by atoms with Gasteiger partial charge in [-0.15, -0.1) is 22.9 Å². The fourth-order valence-electron chi connectivity index (χ4n) is 3.82. The third kappa shape index (κ3) is 2.26. The van der Waals surface area contributed by atoms with E-state index in [-0.39, 0.29) is 0 Å². The lowest BCUT2D eigenvalue weighted by Crippen LogP contribution is -2.59. The monoisotopic (exact) mass is 324 g/mol. The normalized spacial score (nSPS) is 27.2. The summed E-state index contributed by atoms with van der Waals surface area (Å²) < 4.78 is 2.15. The van der Waals surface area contributed by atoms with Crippen LogP contribution < -0.4 is 4.90 Å². The van der Waals surface area contributed by atoms with Crippen LogP contribution in [0.3, 0.4) is 0 Å². The molecule has 2 aliphatic rings. The van der Waals surface area contributed by atoms with Crippen LogP contribution in [0.25, 0.3) is 4.96 Å². The highest BCUT2D eigenvalue weighted by Crippen LogP contribution is 2.32. The van der Waals surface area contributed by atoms with Gasteiger partial charge in [-0.25, -0.2) is 4.98 Å². The van der Waals surface area contributed by atoms with Gasteiger partial charge in [-0.05, 0) is 26.3 Å². The molecule has 0 spiro atoms. The summed E-state index contributed by atoms with van der Waals surface area (Å²) in [6, 6.07) is 1.20. The number of piperazine rings is 1. The average Bonchev–Trinajstić information content (AvgIpc) is 3.06. The molecule has 2 aliphatic heterocycles. The highest BCUT2D eigenvalue weighted by Gasteiger charge is 2.35. The quantitative estimate of drug-likeness (QED) is 0.793. The van der Waals surface area contributed by atoms with Crippen molar-refractivity contribution in [2.45, 2.75) is 44.1 Å². The zero-order chi connectivity index (χ0) is 14.4. The Bertz CT molecular complexity index is 637. The van der Waals surface area contributed by atoms with E-state index in [0.717, 1.165) is 29.6 Å². The maximum absolute atomic E-state index is 6.22. The van der Waals surface area contributed by atoms with Crippen LogP contribution in [0.5, 0.6) is 0 Å². The first-order valence-electron chi connectivity index (χ1n) is 7.79. The number of anilines is 1. The molecule has 4 rings (SSSR count). The van der Waals surface area contributed by atoms with E-state index in [1.54, 1.807) is 11.3 Å². The number of fused-ring (bicyclic) bond motifs is 2. The van der Waals surface area contributed by atoms with E-state index in [0.29, 0.717) is 18.0 Å². The summed E-state index contributed by atoms with van der Waals surface area (Å²) in [5.74, 6) is 1.62. The van der Waals surface area contributed by atoms with Crippen molar-refractivity contribution in [3.8, 4) is 0 Å². The number of alkyl halides is 1. The van der Waals surface area contributed by atoms with E-state index in [9.17, 15) is 0 Å². The van der Waals surface area contributed by atoms with Crippen LogP contribution in [0.1, 0.15) is 31.9 Å². The molecule has 0 saturated carbocycles. The molecule has 2 aromatic heterocycles. The number of halogens is 1. The Kier molecular flexibility index (Phi) is 3.59. The summed E-state index contributed by atoms with van der Waals surface area (Å²) in [6.45, 7) is 5.83. The molecule has 0 amide bonds. The minimum Gasteiger partial charge on any atom is -0.349 e. The Labute approximate surface area is 134 Å². The fourth-order valence-corrected chi connectivity index (χ4v) is 4.80. The molecule has 2 aromatic rings. The van der Waals surface area contributed by atoms with Crippen molar-refractivity contribution in [1.29, 1.82) is 0 Å². The number of hydrogen-bond donors (Lipinski definition) is 0. The van der Waals surface area contributed by atoms with E-state index < -0.39 is 0 Å². The van der Waals surface area contributed by atoms with Crippen molar-refractivity contribution >= 4 is 33.7 Å². The lowest BCUT2D eigenvalue weighted by Gasteiger charge is -2.47. The summed E-state index contributed by atoms with van der Waals surface area (Å²) in [7, 11) is 0. The molecule has 0 bridgehead atoms. The van der Waals surface area contributed by atoms with Gasteiger partial charge in [-0.1, -0.05) is 6.42 Å². The number of imidazole rings is 1. The van der Waals surface area contributed by atoms with Crippen LogP contribution in [-0.4, -0.2) is 46.0 Å². The molecule has 0 N–H and O–H groups in total. The van der Waals surface area contributed by atoms with Gasteiger partial charge in [0.15, 0.2) is 10.8 Å². The molecule has 4 heterocycles. The second-order valence-corrected chi connectivity index (χ2v) is 7.36. The van der Waals surface area contributed by atoms with Crippen molar-refractivity contribution in [2.75, 3.05) is 24.5 Å². The van der Waals surface area contributed by atoms with E-state index in [4.69, 9.17) is 16.6 Å². The third-order valence-corrected chi connectivity index (χ3v) is 5.94. The predicted octanol–water partition coefficient (Wildman–Crippen LogP) is 3.20. The first kappa shape index (κ1) is 13.9. The van der Waals surface area contributed by atoms with Crippen LogP contribution >= 0.6 is 22.9 Å². The van der Waals surface area contributed by atoms with Gasteiger partial charge < -0.3 is 4.90 Å². The molecule has 6 heteroatoms. The zero-order valence-electron chi connectivity index (χ0n) is 12.3. The highest BCUT2D eigenvalue weighted by molar-refractivity contribution is 7.15. The molecule has 114 valence electrons. The van der Waals surface area contributed by atoms with Gasteiger partial charge in [0, 0.05) is 36.8 Å². The van der Waals surface area contributed by atoms with Crippen molar-refractivity contribution in [3.05, 3.63) is 17.3 Å². The fraction of sp³-hybridized carbons (Fsp3) is 0.667. The Morgan fingerprint density at radius 3 is 3.14 bits per heavy atom. The Morgan fingerprint density at radius 1 is 1.38 bits per heavy atom. The summed E-state index contributed by atoms with van der Waals surface area (Å²) >= 11 is 7.90. The van der Waals surface area contributed by atoms with E-state index in [1.165, 1.54) is 25.8 Å². The Hall–Kier alpha value is -0.780. The molecule has 21 heavy (non-hydrogen) atoms. The predicted molar refractivity (Wildman–Crippen MR) is 88.6 cm³/mol. The van der Waals surface area contributed by atoms with Crippen LogP contribution in [0.15, 0.2) is 11.6 Å². The molecule has 2 unspecified atom stereocenters. The molecule has 0 aliphatic carbocycles. The SMILES string of the molecule is CC1CN2CCCCC2CN1c1nc2sccn2c1CCl. The van der Waals surface area contributed by atoms with Gasteiger partial charge in [-0.3, -0.25) is 9.30 Å². The molecule has 2 saturated heterocycles. The second-order valence-electron chi connectivity index (χ2n) is 6.22. The van der Waals surface area contributed by atoms with Crippen LogP contribution in [0.2, 0.25) is 0 Å². The summed E-state index contributed by atoms with van der Waals surface area (Å²) in [5, 5.41) is 2.07. The topological polar surface area (TPSA) is 23.8 Å². The lowest BCUT2D eigenvalue weighted by molar-refractivity contribution is 0.115. The van der Waals surface area contributed by atoms with E-state index in [1.807, 2.05) is 0 Å². The average molecular weight is 325 g/mol. The van der Waals surface area contributed by atoms with Crippen molar-refractivity contribution in [2.24, 2.45) is 0 Å². The minimum atomic E-state index is 0.505. The summed E-state index contributed by atoms with van der Waals surface area (Å²) in [5.41, 5.74) is 1.14. The number of nitrogens with zero attached hydrogens (tertiary/aromatic N) is 4. The van der Waals surface area contributed by atoms with E-state index in [2.05, 4.69) is 32.7 Å². The maximum atomic E-state index is 6.22.